The summed E-state index contributed by atoms with van der Waals surface area (Å²) in [4.78, 5) is 14.4. The second-order valence-electron chi connectivity index (χ2n) is 5.57. The molecule has 108 valence electrons. The lowest BCUT2D eigenvalue weighted by atomic mass is 10.0. The molecule has 0 saturated carbocycles. The molecule has 0 bridgehead atoms. The molecule has 0 aromatic heterocycles. The molecule has 4 heteroatoms. The van der Waals surface area contributed by atoms with Crippen molar-refractivity contribution >= 4 is 5.91 Å². The molecule has 2 atom stereocenters. The van der Waals surface area contributed by atoms with E-state index in [1.165, 1.54) is 6.07 Å². The second kappa shape index (κ2) is 5.92. The highest BCUT2D eigenvalue weighted by Gasteiger charge is 2.35. The number of ether oxygens (including phenoxy) is 1. The molecular weight excluding hydrogens is 257 g/mol. The first-order chi connectivity index (χ1) is 9.77. The fraction of sp³-hybridized carbons (Fsp3) is 0.562. The number of hydrogen-bond acceptors (Lipinski definition) is 2. The van der Waals surface area contributed by atoms with E-state index in [4.69, 9.17) is 4.74 Å². The van der Waals surface area contributed by atoms with Gasteiger partial charge in [-0.2, -0.15) is 0 Å². The van der Waals surface area contributed by atoms with Gasteiger partial charge in [-0.15, -0.1) is 0 Å². The SMILES string of the molecule is O=C([C@H]1CCCCO1)N1CCCC1c1ccccc1F. The van der Waals surface area contributed by atoms with Gasteiger partial charge < -0.3 is 9.64 Å². The monoisotopic (exact) mass is 277 g/mol. The third kappa shape index (κ3) is 2.57. The van der Waals surface area contributed by atoms with Crippen LogP contribution >= 0.6 is 0 Å². The Morgan fingerprint density at radius 2 is 2.05 bits per heavy atom. The third-order valence-electron chi connectivity index (χ3n) is 4.26. The van der Waals surface area contributed by atoms with Crippen molar-refractivity contribution in [2.45, 2.75) is 44.2 Å². The maximum atomic E-state index is 14.0. The number of halogens is 1. The Hall–Kier alpha value is -1.42. The van der Waals surface area contributed by atoms with E-state index in [0.717, 1.165) is 32.1 Å². The Morgan fingerprint density at radius 1 is 1.20 bits per heavy atom. The van der Waals surface area contributed by atoms with Crippen molar-refractivity contribution in [2.24, 2.45) is 0 Å². The summed E-state index contributed by atoms with van der Waals surface area (Å²) in [7, 11) is 0. The maximum absolute atomic E-state index is 14.0. The van der Waals surface area contributed by atoms with Crippen LogP contribution in [0.2, 0.25) is 0 Å². The van der Waals surface area contributed by atoms with Crippen LogP contribution in [0, 0.1) is 5.82 Å². The molecule has 2 aliphatic rings. The number of carbonyl (C=O) groups is 1. The average molecular weight is 277 g/mol. The predicted octanol–water partition coefficient (Wildman–Crippen LogP) is 3.06. The van der Waals surface area contributed by atoms with Gasteiger partial charge >= 0.3 is 0 Å². The van der Waals surface area contributed by atoms with Crippen LogP contribution in [0.4, 0.5) is 4.39 Å². The van der Waals surface area contributed by atoms with Crippen molar-refractivity contribution in [3.05, 3.63) is 35.6 Å². The first kappa shape index (κ1) is 13.6. The lowest BCUT2D eigenvalue weighted by Gasteiger charge is -2.31. The first-order valence-electron chi connectivity index (χ1n) is 7.44. The zero-order chi connectivity index (χ0) is 13.9. The van der Waals surface area contributed by atoms with Crippen molar-refractivity contribution < 1.29 is 13.9 Å². The summed E-state index contributed by atoms with van der Waals surface area (Å²) in [6.07, 6.45) is 4.29. The molecule has 0 spiro atoms. The van der Waals surface area contributed by atoms with Crippen LogP contribution in [0.15, 0.2) is 24.3 Å². The lowest BCUT2D eigenvalue weighted by molar-refractivity contribution is -0.147. The summed E-state index contributed by atoms with van der Waals surface area (Å²) >= 11 is 0. The van der Waals surface area contributed by atoms with Gasteiger partial charge in [-0.3, -0.25) is 4.79 Å². The summed E-state index contributed by atoms with van der Waals surface area (Å²) in [5.74, 6) is -0.183. The highest BCUT2D eigenvalue weighted by atomic mass is 19.1. The molecule has 2 fully saturated rings. The first-order valence-corrected chi connectivity index (χ1v) is 7.44. The number of nitrogens with zero attached hydrogens (tertiary/aromatic N) is 1. The molecule has 1 aromatic carbocycles. The molecule has 3 rings (SSSR count). The van der Waals surface area contributed by atoms with Gasteiger partial charge in [-0.1, -0.05) is 18.2 Å². The molecule has 2 aliphatic heterocycles. The van der Waals surface area contributed by atoms with E-state index in [-0.39, 0.29) is 23.9 Å². The molecule has 0 aliphatic carbocycles. The highest BCUT2D eigenvalue weighted by Crippen LogP contribution is 2.34. The third-order valence-corrected chi connectivity index (χ3v) is 4.26. The molecule has 0 radical (unpaired) electrons. The zero-order valence-electron chi connectivity index (χ0n) is 11.6. The minimum Gasteiger partial charge on any atom is -0.368 e. The highest BCUT2D eigenvalue weighted by molar-refractivity contribution is 5.81. The van der Waals surface area contributed by atoms with Crippen LogP contribution in [-0.2, 0) is 9.53 Å². The van der Waals surface area contributed by atoms with E-state index >= 15 is 0 Å². The van der Waals surface area contributed by atoms with Crippen molar-refractivity contribution in [2.75, 3.05) is 13.2 Å². The molecule has 1 aromatic rings. The van der Waals surface area contributed by atoms with E-state index in [1.54, 1.807) is 12.1 Å². The van der Waals surface area contributed by atoms with Crippen LogP contribution in [0.5, 0.6) is 0 Å². The number of rotatable bonds is 2. The zero-order valence-corrected chi connectivity index (χ0v) is 11.6. The normalized spacial score (nSPS) is 26.8. The van der Waals surface area contributed by atoms with Crippen LogP contribution in [-0.4, -0.2) is 30.1 Å². The van der Waals surface area contributed by atoms with Crippen molar-refractivity contribution in [1.29, 1.82) is 0 Å². The Labute approximate surface area is 118 Å². The number of carbonyl (C=O) groups excluding carboxylic acids is 1. The number of benzene rings is 1. The molecule has 2 saturated heterocycles. The van der Waals surface area contributed by atoms with Gasteiger partial charge in [0, 0.05) is 18.7 Å². The lowest BCUT2D eigenvalue weighted by Crippen LogP contribution is -2.41. The van der Waals surface area contributed by atoms with Crippen molar-refractivity contribution in [3.8, 4) is 0 Å². The summed E-state index contributed by atoms with van der Waals surface area (Å²) in [5, 5.41) is 0. The van der Waals surface area contributed by atoms with Crippen LogP contribution in [0.1, 0.15) is 43.7 Å². The standard InChI is InChI=1S/C16H20FNO2/c17-13-7-2-1-6-12(13)14-8-5-10-18(14)16(19)15-9-3-4-11-20-15/h1-2,6-7,14-15H,3-5,8-11H2/t14?,15-/m1/s1. The van der Waals surface area contributed by atoms with E-state index in [0.29, 0.717) is 18.7 Å². The summed E-state index contributed by atoms with van der Waals surface area (Å²) < 4.78 is 19.5. The van der Waals surface area contributed by atoms with Gasteiger partial charge in [-0.25, -0.2) is 4.39 Å². The van der Waals surface area contributed by atoms with Gasteiger partial charge in [0.15, 0.2) is 0 Å². The van der Waals surface area contributed by atoms with Crippen LogP contribution in [0.3, 0.4) is 0 Å². The quantitative estimate of drug-likeness (QED) is 0.831. The number of likely N-dealkylation sites (tertiary alicyclic amines) is 1. The maximum Gasteiger partial charge on any atom is 0.252 e. The molecule has 20 heavy (non-hydrogen) atoms. The average Bonchev–Trinajstić information content (AvgIpc) is 2.97. The van der Waals surface area contributed by atoms with E-state index in [2.05, 4.69) is 0 Å². The van der Waals surface area contributed by atoms with Gasteiger partial charge in [0.25, 0.3) is 5.91 Å². The molecule has 3 nitrogen and oxygen atoms in total. The topological polar surface area (TPSA) is 29.5 Å². The number of hydrogen-bond donors (Lipinski definition) is 0. The van der Waals surface area contributed by atoms with Gasteiger partial charge in [-0.05, 0) is 38.2 Å². The van der Waals surface area contributed by atoms with E-state index < -0.39 is 0 Å². The summed E-state index contributed by atoms with van der Waals surface area (Å²) in [6, 6.07) is 6.63. The summed E-state index contributed by atoms with van der Waals surface area (Å²) in [6.45, 7) is 1.37. The van der Waals surface area contributed by atoms with E-state index in [9.17, 15) is 9.18 Å². The number of amides is 1. The molecule has 0 N–H and O–H groups in total. The Kier molecular flexibility index (Phi) is 4.01. The van der Waals surface area contributed by atoms with Gasteiger partial charge in [0.2, 0.25) is 0 Å². The van der Waals surface area contributed by atoms with Gasteiger partial charge in [0.05, 0.1) is 6.04 Å². The molecule has 1 amide bonds. The van der Waals surface area contributed by atoms with Crippen molar-refractivity contribution in [1.82, 2.24) is 4.90 Å². The smallest absolute Gasteiger partial charge is 0.252 e. The van der Waals surface area contributed by atoms with Crippen LogP contribution < -0.4 is 0 Å². The fourth-order valence-electron chi connectivity index (χ4n) is 3.22. The van der Waals surface area contributed by atoms with Crippen LogP contribution in [0.25, 0.3) is 0 Å². The van der Waals surface area contributed by atoms with Crippen molar-refractivity contribution in [3.63, 3.8) is 0 Å². The predicted molar refractivity (Wildman–Crippen MR) is 73.7 cm³/mol. The largest absolute Gasteiger partial charge is 0.368 e. The molecule has 1 unspecified atom stereocenters. The van der Waals surface area contributed by atoms with Gasteiger partial charge in [0.1, 0.15) is 11.9 Å². The Balaban J connectivity index is 1.78. The second-order valence-corrected chi connectivity index (χ2v) is 5.57. The van der Waals surface area contributed by atoms with E-state index in [1.807, 2.05) is 11.0 Å². The molecular formula is C16H20FNO2. The fourth-order valence-corrected chi connectivity index (χ4v) is 3.22. The summed E-state index contributed by atoms with van der Waals surface area (Å²) in [5.41, 5.74) is 0.633. The minimum atomic E-state index is -0.323. The Bertz CT molecular complexity index is 485. The Morgan fingerprint density at radius 3 is 2.80 bits per heavy atom. The minimum absolute atomic E-state index is 0.0375. The molecule has 2 heterocycles.